The van der Waals surface area contributed by atoms with Gasteiger partial charge in [0.1, 0.15) is 12.6 Å². The quantitative estimate of drug-likeness (QED) is 0.660. The fraction of sp³-hybridized carbons (Fsp3) is 0.727. The predicted molar refractivity (Wildman–Crippen MR) is 108 cm³/mol. The molecule has 160 valence electrons. The molecular weight excluding hydrogens is 370 g/mol. The van der Waals surface area contributed by atoms with E-state index in [1.54, 1.807) is 29.8 Å². The van der Waals surface area contributed by atoms with E-state index in [-0.39, 0.29) is 31.8 Å². The molecule has 3 amide bonds. The molecule has 0 aromatic heterocycles. The largest absolute Gasteiger partial charge is 0.315 e. The summed E-state index contributed by atoms with van der Waals surface area (Å²) < 4.78 is 0. The highest BCUT2D eigenvalue weighted by molar-refractivity contribution is 6.38. The van der Waals surface area contributed by atoms with Crippen LogP contribution in [0.4, 0.5) is 0 Å². The summed E-state index contributed by atoms with van der Waals surface area (Å²) in [6.07, 6.45) is 6.68. The van der Waals surface area contributed by atoms with Crippen LogP contribution in [-0.4, -0.2) is 63.4 Å². The van der Waals surface area contributed by atoms with Crippen molar-refractivity contribution in [2.24, 2.45) is 11.3 Å². The summed E-state index contributed by atoms with van der Waals surface area (Å²) in [4.78, 5) is 56.5. The lowest BCUT2D eigenvalue weighted by molar-refractivity contribution is -0.163. The number of piperazine rings is 1. The highest BCUT2D eigenvalue weighted by Crippen LogP contribution is 2.39. The number of nitrogens with zero attached hydrogens (tertiary/aromatic N) is 3. The van der Waals surface area contributed by atoms with Crippen molar-refractivity contribution in [2.45, 2.75) is 78.8 Å². The van der Waals surface area contributed by atoms with Gasteiger partial charge in [-0.3, -0.25) is 19.2 Å². The molecule has 0 N–H and O–H groups in total. The third-order valence-electron chi connectivity index (χ3n) is 6.81. The van der Waals surface area contributed by atoms with E-state index in [0.29, 0.717) is 37.4 Å². The second-order valence-corrected chi connectivity index (χ2v) is 9.21. The van der Waals surface area contributed by atoms with E-state index in [0.717, 1.165) is 19.3 Å². The van der Waals surface area contributed by atoms with E-state index < -0.39 is 23.1 Å². The molecule has 4 rings (SSSR count). The fourth-order valence-corrected chi connectivity index (χ4v) is 4.39. The Kier molecular flexibility index (Phi) is 5.62. The third-order valence-corrected chi connectivity index (χ3v) is 6.81. The fourth-order valence-electron chi connectivity index (χ4n) is 4.39. The minimum Gasteiger partial charge on any atom is -0.315 e. The van der Waals surface area contributed by atoms with Crippen LogP contribution in [0.3, 0.4) is 0 Å². The van der Waals surface area contributed by atoms with E-state index in [4.69, 9.17) is 0 Å². The van der Waals surface area contributed by atoms with Gasteiger partial charge in [-0.15, -0.1) is 0 Å². The first-order chi connectivity index (χ1) is 13.2. The smallest absolute Gasteiger partial charge is 0.291 e. The van der Waals surface area contributed by atoms with E-state index in [9.17, 15) is 19.2 Å². The van der Waals surface area contributed by atoms with Gasteiger partial charge in [0.2, 0.25) is 17.6 Å². The van der Waals surface area contributed by atoms with Gasteiger partial charge >= 0.3 is 0 Å². The molecule has 0 aromatic carbocycles. The maximum Gasteiger partial charge on any atom is 0.291 e. The monoisotopic (exact) mass is 403 g/mol. The average Bonchev–Trinajstić information content (AvgIpc) is 3.50. The Balaban J connectivity index is 0.00000240. The molecule has 2 atom stereocenters. The van der Waals surface area contributed by atoms with Crippen molar-refractivity contribution in [1.29, 1.82) is 0 Å². The van der Waals surface area contributed by atoms with Gasteiger partial charge in [0.15, 0.2) is 0 Å². The van der Waals surface area contributed by atoms with E-state index >= 15 is 0 Å². The van der Waals surface area contributed by atoms with Gasteiger partial charge in [0.05, 0.1) is 11.7 Å². The number of fused-ring (bicyclic) bond motifs is 4. The summed E-state index contributed by atoms with van der Waals surface area (Å²) in [5.41, 5.74) is -0.0443. The molecule has 0 aromatic rings. The molecule has 4 aliphatic rings. The standard InChI is InChI=1S/C21H29N3O4.CH4/c1-4-21(2,3)18(26)20(28)24-14-6-5-7-15(24)19(27)23-12-17(25)22(11-16(14)23)10-13-8-9-13;/h11,13-15H,4-10,12H2,1-3H3;1H4. The Morgan fingerprint density at radius 1 is 1.10 bits per heavy atom. The number of carbonyl (C=O) groups excluding carboxylic acids is 4. The van der Waals surface area contributed by atoms with Crippen LogP contribution in [0.25, 0.3) is 0 Å². The van der Waals surface area contributed by atoms with E-state index in [2.05, 4.69) is 0 Å². The number of Topliss-reactive ketones (excluding diaryl/α,β-unsaturated/α-hetero) is 1. The highest BCUT2D eigenvalue weighted by Gasteiger charge is 2.52. The Hall–Kier alpha value is -2.18. The number of rotatable bonds is 5. The first-order valence-corrected chi connectivity index (χ1v) is 10.4. The maximum atomic E-state index is 13.2. The SMILES string of the molecule is C.CCC(C)(C)C(=O)C(=O)N1C2CCCC1C1=CN(CC3CC3)C(=O)CN1C2=O. The number of carbonyl (C=O) groups is 4. The summed E-state index contributed by atoms with van der Waals surface area (Å²) in [7, 11) is 0. The molecule has 2 unspecified atom stereocenters. The molecule has 29 heavy (non-hydrogen) atoms. The zero-order valence-electron chi connectivity index (χ0n) is 16.9. The van der Waals surface area contributed by atoms with Gasteiger partial charge in [0, 0.05) is 18.2 Å². The van der Waals surface area contributed by atoms with Gasteiger partial charge in [-0.05, 0) is 44.4 Å². The van der Waals surface area contributed by atoms with Crippen LogP contribution >= 0.6 is 0 Å². The van der Waals surface area contributed by atoms with Crippen LogP contribution in [0.1, 0.15) is 66.7 Å². The Morgan fingerprint density at radius 2 is 1.76 bits per heavy atom. The minimum atomic E-state index is -0.750. The zero-order valence-corrected chi connectivity index (χ0v) is 16.9. The van der Waals surface area contributed by atoms with Gasteiger partial charge < -0.3 is 14.7 Å². The molecular formula is C22H33N3O4. The highest BCUT2D eigenvalue weighted by atomic mass is 16.2. The van der Waals surface area contributed by atoms with Crippen LogP contribution < -0.4 is 0 Å². The zero-order chi connectivity index (χ0) is 20.2. The predicted octanol–water partition coefficient (Wildman–Crippen LogP) is 2.31. The number of amides is 3. The number of hydrogen-bond donors (Lipinski definition) is 0. The van der Waals surface area contributed by atoms with Crippen molar-refractivity contribution in [3.8, 4) is 0 Å². The van der Waals surface area contributed by atoms with Crippen LogP contribution in [0, 0.1) is 11.3 Å². The lowest BCUT2D eigenvalue weighted by Gasteiger charge is -2.52. The summed E-state index contributed by atoms with van der Waals surface area (Å²) in [6, 6.07) is -0.946. The number of hydrogen-bond acceptors (Lipinski definition) is 4. The van der Waals surface area contributed by atoms with Crippen LogP contribution in [0.5, 0.6) is 0 Å². The number of ketones is 1. The van der Waals surface area contributed by atoms with Crippen LogP contribution in [-0.2, 0) is 19.2 Å². The average molecular weight is 404 g/mol. The molecule has 0 spiro atoms. The third kappa shape index (κ3) is 3.60. The van der Waals surface area contributed by atoms with Crippen molar-refractivity contribution >= 4 is 23.5 Å². The van der Waals surface area contributed by atoms with Crippen molar-refractivity contribution in [3.05, 3.63) is 11.9 Å². The van der Waals surface area contributed by atoms with Gasteiger partial charge in [-0.25, -0.2) is 0 Å². The second kappa shape index (κ2) is 7.58. The Morgan fingerprint density at radius 3 is 2.38 bits per heavy atom. The maximum absolute atomic E-state index is 13.2. The molecule has 3 aliphatic heterocycles. The molecule has 3 heterocycles. The Bertz CT molecular complexity index is 768. The van der Waals surface area contributed by atoms with E-state index in [1.165, 1.54) is 4.90 Å². The summed E-state index contributed by atoms with van der Waals surface area (Å²) in [5.74, 6) is -0.742. The van der Waals surface area contributed by atoms with Crippen LogP contribution in [0.15, 0.2) is 11.9 Å². The molecule has 2 saturated heterocycles. The summed E-state index contributed by atoms with van der Waals surface area (Å²) in [5, 5.41) is 0. The minimum absolute atomic E-state index is 0. The second-order valence-electron chi connectivity index (χ2n) is 9.21. The lowest BCUT2D eigenvalue weighted by Crippen LogP contribution is -2.67. The van der Waals surface area contributed by atoms with Crippen LogP contribution in [0.2, 0.25) is 0 Å². The molecule has 1 aliphatic carbocycles. The molecule has 7 heteroatoms. The molecule has 3 fully saturated rings. The molecule has 0 radical (unpaired) electrons. The normalized spacial score (nSPS) is 26.6. The van der Waals surface area contributed by atoms with Gasteiger partial charge in [-0.1, -0.05) is 28.2 Å². The van der Waals surface area contributed by atoms with Crippen molar-refractivity contribution < 1.29 is 19.2 Å². The summed E-state index contributed by atoms with van der Waals surface area (Å²) in [6.45, 7) is 6.16. The van der Waals surface area contributed by atoms with Crippen molar-refractivity contribution in [1.82, 2.24) is 14.7 Å². The first-order valence-electron chi connectivity index (χ1n) is 10.4. The van der Waals surface area contributed by atoms with E-state index in [1.807, 2.05) is 6.92 Å². The lowest BCUT2D eigenvalue weighted by atomic mass is 9.82. The van der Waals surface area contributed by atoms with Gasteiger partial charge in [0.25, 0.3) is 5.91 Å². The topological polar surface area (TPSA) is 78.0 Å². The molecule has 7 nitrogen and oxygen atoms in total. The molecule has 1 saturated carbocycles. The first kappa shape index (κ1) is 21.5. The Labute approximate surface area is 173 Å². The van der Waals surface area contributed by atoms with Gasteiger partial charge in [-0.2, -0.15) is 0 Å². The van der Waals surface area contributed by atoms with Crippen molar-refractivity contribution in [3.63, 3.8) is 0 Å². The molecule has 2 bridgehead atoms. The summed E-state index contributed by atoms with van der Waals surface area (Å²) >= 11 is 0. The van der Waals surface area contributed by atoms with Crippen molar-refractivity contribution in [2.75, 3.05) is 13.1 Å². The number of piperidine rings is 1.